The number of anilines is 1. The molecule has 0 spiro atoms. The Morgan fingerprint density at radius 2 is 1.64 bits per heavy atom. The number of benzene rings is 2. The summed E-state index contributed by atoms with van der Waals surface area (Å²) in [7, 11) is 0. The Hall–Kier alpha value is -1.80. The number of para-hydroxylation sites is 1. The maximum atomic E-state index is 12.7. The van der Waals surface area contributed by atoms with E-state index in [1.165, 1.54) is 6.07 Å². The second kappa shape index (κ2) is 7.61. The molecule has 0 unspecified atom stereocenters. The fraction of sp³-hybridized carbons (Fsp3) is 0.222. The van der Waals surface area contributed by atoms with Gasteiger partial charge in [-0.05, 0) is 52.9 Å². The quantitative estimate of drug-likeness (QED) is 0.697. The van der Waals surface area contributed by atoms with Gasteiger partial charge in [-0.25, -0.2) is 4.79 Å². The lowest BCUT2D eigenvalue weighted by Crippen LogP contribution is -2.48. The molecule has 0 aromatic heterocycles. The van der Waals surface area contributed by atoms with Crippen LogP contribution in [0.15, 0.2) is 42.5 Å². The van der Waals surface area contributed by atoms with Crippen molar-refractivity contribution in [3.63, 3.8) is 0 Å². The van der Waals surface area contributed by atoms with Crippen LogP contribution in [0.2, 0.25) is 5.02 Å². The Morgan fingerprint density at radius 3 is 2.28 bits per heavy atom. The van der Waals surface area contributed by atoms with Crippen molar-refractivity contribution in [1.29, 1.82) is 0 Å². The van der Waals surface area contributed by atoms with Crippen molar-refractivity contribution < 1.29 is 14.7 Å². The number of amides is 1. The molecule has 130 valence electrons. The van der Waals surface area contributed by atoms with E-state index in [0.29, 0.717) is 36.8 Å². The van der Waals surface area contributed by atoms with E-state index in [1.54, 1.807) is 17.0 Å². The van der Waals surface area contributed by atoms with E-state index in [1.807, 2.05) is 46.9 Å². The molecular formula is C18H16ClIN2O3. The zero-order chi connectivity index (χ0) is 18.0. The Morgan fingerprint density at radius 1 is 1.00 bits per heavy atom. The molecule has 1 heterocycles. The minimum atomic E-state index is -1.03. The van der Waals surface area contributed by atoms with Crippen LogP contribution >= 0.6 is 34.2 Å². The third kappa shape index (κ3) is 4.07. The lowest BCUT2D eigenvalue weighted by atomic mass is 10.1. The smallest absolute Gasteiger partial charge is 0.335 e. The highest BCUT2D eigenvalue weighted by Crippen LogP contribution is 2.26. The van der Waals surface area contributed by atoms with Crippen LogP contribution in [0.4, 0.5) is 5.69 Å². The third-order valence-corrected chi connectivity index (χ3v) is 5.09. The highest BCUT2D eigenvalue weighted by molar-refractivity contribution is 14.1. The Kier molecular flexibility index (Phi) is 5.48. The van der Waals surface area contributed by atoms with Gasteiger partial charge >= 0.3 is 5.97 Å². The lowest BCUT2D eigenvalue weighted by molar-refractivity contribution is 0.0696. The Balaban J connectivity index is 1.72. The number of aromatic carboxylic acids is 1. The molecule has 0 aliphatic carbocycles. The molecular weight excluding hydrogens is 455 g/mol. The summed E-state index contributed by atoms with van der Waals surface area (Å²) in [6, 6.07) is 12.4. The van der Waals surface area contributed by atoms with Crippen LogP contribution in [-0.4, -0.2) is 48.1 Å². The van der Waals surface area contributed by atoms with E-state index in [-0.39, 0.29) is 11.5 Å². The van der Waals surface area contributed by atoms with E-state index < -0.39 is 5.97 Å². The van der Waals surface area contributed by atoms with Gasteiger partial charge in [-0.3, -0.25) is 4.79 Å². The highest BCUT2D eigenvalue weighted by Gasteiger charge is 2.24. The predicted octanol–water partition coefficient (Wildman–Crippen LogP) is 3.61. The molecule has 1 amide bonds. The average molecular weight is 471 g/mol. The van der Waals surface area contributed by atoms with Gasteiger partial charge in [0.25, 0.3) is 5.91 Å². The molecule has 0 bridgehead atoms. The predicted molar refractivity (Wildman–Crippen MR) is 106 cm³/mol. The van der Waals surface area contributed by atoms with Gasteiger partial charge in [0.2, 0.25) is 0 Å². The van der Waals surface area contributed by atoms with E-state index in [9.17, 15) is 9.59 Å². The molecule has 1 N–H and O–H groups in total. The van der Waals surface area contributed by atoms with E-state index in [4.69, 9.17) is 16.7 Å². The molecule has 2 aromatic rings. The normalized spacial score (nSPS) is 14.5. The minimum Gasteiger partial charge on any atom is -0.478 e. The number of piperazine rings is 1. The largest absolute Gasteiger partial charge is 0.478 e. The first kappa shape index (κ1) is 18.0. The molecule has 0 atom stereocenters. The maximum Gasteiger partial charge on any atom is 0.335 e. The molecule has 0 radical (unpaired) electrons. The summed E-state index contributed by atoms with van der Waals surface area (Å²) in [6.45, 7) is 2.51. The van der Waals surface area contributed by atoms with Crippen molar-refractivity contribution in [2.45, 2.75) is 0 Å². The average Bonchev–Trinajstić information content (AvgIpc) is 2.61. The number of hydrogen-bond donors (Lipinski definition) is 1. The molecule has 7 heteroatoms. The first-order chi connectivity index (χ1) is 12.0. The molecule has 1 fully saturated rings. The van der Waals surface area contributed by atoms with Crippen LogP contribution in [0, 0.1) is 3.57 Å². The molecule has 5 nitrogen and oxygen atoms in total. The first-order valence-corrected chi connectivity index (χ1v) is 9.24. The zero-order valence-corrected chi connectivity index (χ0v) is 16.2. The van der Waals surface area contributed by atoms with Gasteiger partial charge in [-0.2, -0.15) is 0 Å². The summed E-state index contributed by atoms with van der Waals surface area (Å²) in [5.41, 5.74) is 1.51. The number of nitrogens with zero attached hydrogens (tertiary/aromatic N) is 2. The molecule has 0 saturated carbocycles. The number of halogens is 2. The summed E-state index contributed by atoms with van der Waals surface area (Å²) in [6.07, 6.45) is 0. The SMILES string of the molecule is O=C(O)c1cc(I)cc(C(=O)N2CCN(c3ccccc3Cl)CC2)c1. The maximum absolute atomic E-state index is 12.7. The third-order valence-electron chi connectivity index (χ3n) is 4.15. The Bertz CT molecular complexity index is 820. The van der Waals surface area contributed by atoms with Crippen LogP contribution in [-0.2, 0) is 0 Å². The van der Waals surface area contributed by atoms with Crippen molar-refractivity contribution in [1.82, 2.24) is 4.90 Å². The van der Waals surface area contributed by atoms with Gasteiger partial charge in [-0.1, -0.05) is 23.7 Å². The van der Waals surface area contributed by atoms with Crippen molar-refractivity contribution >= 4 is 51.8 Å². The molecule has 1 aliphatic heterocycles. The monoisotopic (exact) mass is 470 g/mol. The number of hydrogen-bond acceptors (Lipinski definition) is 3. The van der Waals surface area contributed by atoms with Gasteiger partial charge < -0.3 is 14.9 Å². The van der Waals surface area contributed by atoms with Crippen LogP contribution in [0.5, 0.6) is 0 Å². The van der Waals surface area contributed by atoms with Gasteiger partial charge in [0.1, 0.15) is 0 Å². The summed E-state index contributed by atoms with van der Waals surface area (Å²) < 4.78 is 0.732. The van der Waals surface area contributed by atoms with Gasteiger partial charge in [0.15, 0.2) is 0 Å². The number of carboxylic acid groups (broad SMARTS) is 1. The second-order valence-electron chi connectivity index (χ2n) is 5.76. The molecule has 25 heavy (non-hydrogen) atoms. The minimum absolute atomic E-state index is 0.130. The summed E-state index contributed by atoms with van der Waals surface area (Å²) >= 11 is 8.26. The number of carboxylic acids is 1. The number of carbonyl (C=O) groups excluding carboxylic acids is 1. The van der Waals surface area contributed by atoms with Crippen molar-refractivity contribution in [3.05, 3.63) is 62.2 Å². The van der Waals surface area contributed by atoms with Crippen LogP contribution in [0.25, 0.3) is 0 Å². The summed E-state index contributed by atoms with van der Waals surface area (Å²) in [5, 5.41) is 9.87. The van der Waals surface area contributed by atoms with Gasteiger partial charge in [0.05, 0.1) is 16.3 Å². The second-order valence-corrected chi connectivity index (χ2v) is 7.42. The fourth-order valence-corrected chi connectivity index (χ4v) is 3.80. The standard InChI is InChI=1S/C18H16ClIN2O3/c19-15-3-1-2-4-16(15)21-5-7-22(8-6-21)17(23)12-9-13(18(24)25)11-14(20)10-12/h1-4,9-11H,5-8H2,(H,24,25). The van der Waals surface area contributed by atoms with Crippen molar-refractivity contribution in [2.24, 2.45) is 0 Å². The summed E-state index contributed by atoms with van der Waals surface area (Å²) in [4.78, 5) is 27.8. The highest BCUT2D eigenvalue weighted by atomic mass is 127. The van der Waals surface area contributed by atoms with E-state index in [2.05, 4.69) is 4.90 Å². The van der Waals surface area contributed by atoms with Crippen molar-refractivity contribution in [3.8, 4) is 0 Å². The molecule has 1 aliphatic rings. The molecule has 1 saturated heterocycles. The lowest BCUT2D eigenvalue weighted by Gasteiger charge is -2.36. The molecule has 2 aromatic carbocycles. The first-order valence-electron chi connectivity index (χ1n) is 7.78. The topological polar surface area (TPSA) is 60.9 Å². The molecule has 3 rings (SSSR count). The zero-order valence-electron chi connectivity index (χ0n) is 13.3. The van der Waals surface area contributed by atoms with Crippen LogP contribution in [0.1, 0.15) is 20.7 Å². The van der Waals surface area contributed by atoms with E-state index >= 15 is 0 Å². The van der Waals surface area contributed by atoms with Crippen LogP contribution < -0.4 is 4.90 Å². The fourth-order valence-electron chi connectivity index (χ4n) is 2.88. The van der Waals surface area contributed by atoms with Gasteiger partial charge in [-0.15, -0.1) is 0 Å². The van der Waals surface area contributed by atoms with Crippen LogP contribution in [0.3, 0.4) is 0 Å². The Labute approximate surface area is 164 Å². The van der Waals surface area contributed by atoms with Gasteiger partial charge in [0, 0.05) is 35.3 Å². The number of carbonyl (C=O) groups is 2. The van der Waals surface area contributed by atoms with Crippen molar-refractivity contribution in [2.75, 3.05) is 31.1 Å². The van der Waals surface area contributed by atoms with E-state index in [0.717, 1.165) is 9.26 Å². The number of rotatable bonds is 3. The summed E-state index contributed by atoms with van der Waals surface area (Å²) in [5.74, 6) is -1.17.